The fourth-order valence-corrected chi connectivity index (χ4v) is 4.53. The van der Waals surface area contributed by atoms with Gasteiger partial charge in [0.2, 0.25) is 1.43 Å². The van der Waals surface area contributed by atoms with Gasteiger partial charge in [-0.1, -0.05) is 18.2 Å². The molecule has 1 N–H and O–H groups in total. The lowest BCUT2D eigenvalue weighted by Gasteiger charge is -2.56. The molecule has 1 aromatic rings. The highest BCUT2D eigenvalue weighted by Crippen LogP contribution is 2.62. The molecular formula is C18H21NO3. The molecular weight excluding hydrogens is 278 g/mol. The van der Waals surface area contributed by atoms with Crippen LogP contribution in [-0.4, -0.2) is 50.3 Å². The predicted molar refractivity (Wildman–Crippen MR) is 82.5 cm³/mol. The fourth-order valence-electron chi connectivity index (χ4n) is 4.53. The van der Waals surface area contributed by atoms with Crippen molar-refractivity contribution >= 4 is 0 Å². The van der Waals surface area contributed by atoms with Crippen LogP contribution in [0.4, 0.5) is 0 Å². The Labute approximate surface area is 140 Å². The molecule has 5 rings (SSSR count). The number of likely N-dealkylation sites (N-methyl/N-ethyl adjacent to an activating group) is 1. The Balaban J connectivity index is 1.87. The Morgan fingerprint density at radius 2 is 2.50 bits per heavy atom. The first-order valence-electron chi connectivity index (χ1n) is 10.9. The maximum Gasteiger partial charge on any atom is 0.211 e. The summed E-state index contributed by atoms with van der Waals surface area (Å²) in [5.41, 5.74) is 0.187. The van der Waals surface area contributed by atoms with Gasteiger partial charge in [0.1, 0.15) is 12.2 Å². The highest BCUT2D eigenvalue weighted by molar-refractivity contribution is 5.62. The third kappa shape index (κ3) is 1.28. The average Bonchev–Trinajstić information content (AvgIpc) is 3.00. The number of hydrogen-bond acceptors (Lipinski definition) is 4. The lowest BCUT2D eigenvalue weighted by atomic mass is 9.53. The van der Waals surface area contributed by atoms with Gasteiger partial charge in [0.05, 0.1) is 8.48 Å². The molecule has 2 bridgehead atoms. The standard InChI is InChI=1S/C18H21NO3/c1-19-8-7-18-11-4-5-13(20)17(18)22-16-14(21-2)6-3-10(15(16)18)9-12(11)19/h3-6,11-13,17,20H,7-9H2,1-2H3/t11-,12+,13?,17?,18-/m0/s1/i1D3,11D,12D,13D,20D. The number of methoxy groups -OCH3 is 1. The second-order valence-electron chi connectivity index (χ2n) is 6.27. The van der Waals surface area contributed by atoms with Crippen LogP contribution in [0.25, 0.3) is 0 Å². The van der Waals surface area contributed by atoms with Gasteiger partial charge in [-0.2, -0.15) is 0 Å². The molecule has 1 saturated heterocycles. The van der Waals surface area contributed by atoms with Gasteiger partial charge in [0, 0.05) is 29.7 Å². The molecule has 116 valence electrons. The van der Waals surface area contributed by atoms with Crippen LogP contribution in [0, 0.1) is 5.89 Å². The number of benzene rings is 1. The van der Waals surface area contributed by atoms with Crippen LogP contribution < -0.4 is 9.47 Å². The van der Waals surface area contributed by atoms with E-state index >= 15 is 0 Å². The summed E-state index contributed by atoms with van der Waals surface area (Å²) in [6.45, 7) is -2.51. The molecule has 2 aliphatic heterocycles. The monoisotopic (exact) mass is 306 g/mol. The molecule has 0 aromatic heterocycles. The molecule has 2 heterocycles. The molecule has 0 radical (unpaired) electrons. The predicted octanol–water partition coefficient (Wildman–Crippen LogP) is 1.50. The summed E-state index contributed by atoms with van der Waals surface area (Å²) >= 11 is 0. The number of ether oxygens (including phenoxy) is 2. The van der Waals surface area contributed by atoms with Crippen molar-refractivity contribution < 1.29 is 22.8 Å². The quantitative estimate of drug-likeness (QED) is 0.841. The van der Waals surface area contributed by atoms with Crippen molar-refractivity contribution in [3.63, 3.8) is 0 Å². The van der Waals surface area contributed by atoms with Crippen molar-refractivity contribution in [2.24, 2.45) is 5.89 Å². The Bertz CT molecular complexity index is 939. The highest BCUT2D eigenvalue weighted by atomic mass is 16.5. The van der Waals surface area contributed by atoms with Crippen LogP contribution in [0.1, 0.15) is 25.8 Å². The summed E-state index contributed by atoms with van der Waals surface area (Å²) in [6.07, 6.45) is -0.129. The van der Waals surface area contributed by atoms with E-state index in [-0.39, 0.29) is 19.4 Å². The smallest absolute Gasteiger partial charge is 0.211 e. The molecule has 2 aliphatic carbocycles. The van der Waals surface area contributed by atoms with Gasteiger partial charge in [-0.3, -0.25) is 0 Å². The Morgan fingerprint density at radius 1 is 1.55 bits per heavy atom. The SMILES string of the molecule is [2H]OC1([2H])C=C[C@]2([2H])[C@@]34CCN(C([2H])([2H])[2H])[C@]2([2H])Cc2ccc(OC)c(c23)OC14. The molecule has 0 saturated carbocycles. The summed E-state index contributed by atoms with van der Waals surface area (Å²) in [5.74, 6) is -0.878. The summed E-state index contributed by atoms with van der Waals surface area (Å²) in [6, 6.07) is 1.67. The maximum absolute atomic E-state index is 9.48. The first-order valence-corrected chi connectivity index (χ1v) is 7.48. The molecule has 1 fully saturated rings. The van der Waals surface area contributed by atoms with Crippen molar-refractivity contribution in [1.82, 2.24) is 4.90 Å². The van der Waals surface area contributed by atoms with E-state index in [4.69, 9.17) is 21.5 Å². The number of piperidine rings is 1. The van der Waals surface area contributed by atoms with Crippen LogP contribution in [0.15, 0.2) is 24.3 Å². The Kier molecular flexibility index (Phi) is 1.45. The third-order valence-electron chi connectivity index (χ3n) is 5.43. The summed E-state index contributed by atoms with van der Waals surface area (Å²) < 4.78 is 70.5. The van der Waals surface area contributed by atoms with E-state index in [9.17, 15) is 2.74 Å². The molecule has 0 amide bonds. The minimum atomic E-state index is -2.55. The van der Waals surface area contributed by atoms with Crippen molar-refractivity contribution in [3.05, 3.63) is 35.4 Å². The number of rotatable bonds is 2. The van der Waals surface area contributed by atoms with Crippen LogP contribution >= 0.6 is 0 Å². The van der Waals surface area contributed by atoms with E-state index in [1.54, 1.807) is 12.1 Å². The summed E-state index contributed by atoms with van der Waals surface area (Å²) in [5, 5.41) is 4.76. The number of nitrogens with zero attached hydrogens (tertiary/aromatic N) is 1. The highest BCUT2D eigenvalue weighted by Gasteiger charge is 2.64. The lowest BCUT2D eigenvalue weighted by Crippen LogP contribution is -2.64. The van der Waals surface area contributed by atoms with Crippen molar-refractivity contribution in [3.8, 4) is 11.5 Å². The normalized spacial score (nSPS) is 56.2. The second-order valence-corrected chi connectivity index (χ2v) is 6.27. The van der Waals surface area contributed by atoms with Gasteiger partial charge in [-0.25, -0.2) is 0 Å². The van der Waals surface area contributed by atoms with Gasteiger partial charge in [-0.05, 0) is 38.0 Å². The molecule has 22 heavy (non-hydrogen) atoms. The zero-order chi connectivity index (χ0) is 21.0. The molecule has 1 spiro atoms. The van der Waals surface area contributed by atoms with Gasteiger partial charge >= 0.3 is 0 Å². The van der Waals surface area contributed by atoms with Gasteiger partial charge in [-0.15, -0.1) is 0 Å². The zero-order valence-corrected chi connectivity index (χ0v) is 12.2. The maximum atomic E-state index is 9.48. The van der Waals surface area contributed by atoms with Crippen LogP contribution in [-0.2, 0) is 11.8 Å². The second kappa shape index (κ2) is 4.06. The van der Waals surface area contributed by atoms with Crippen molar-refractivity contribution in [1.29, 1.82) is 1.43 Å². The first kappa shape index (κ1) is 7.84. The minimum Gasteiger partial charge on any atom is -0.493 e. The van der Waals surface area contributed by atoms with Crippen molar-refractivity contribution in [2.45, 2.75) is 36.5 Å². The summed E-state index contributed by atoms with van der Waals surface area (Å²) in [7, 11) is 1.50. The number of aliphatic hydroxyl groups is 1. The van der Waals surface area contributed by atoms with Gasteiger partial charge in [0.25, 0.3) is 0 Å². The lowest BCUT2D eigenvalue weighted by molar-refractivity contribution is -0.0453. The molecule has 5 atom stereocenters. The van der Waals surface area contributed by atoms with E-state index in [0.717, 1.165) is 4.90 Å². The van der Waals surface area contributed by atoms with E-state index in [1.807, 2.05) is 0 Å². The van der Waals surface area contributed by atoms with Crippen LogP contribution in [0.5, 0.6) is 11.5 Å². The van der Waals surface area contributed by atoms with E-state index in [0.29, 0.717) is 22.6 Å². The fraction of sp³-hybridized carbons (Fsp3) is 0.556. The molecule has 4 aliphatic rings. The number of likely N-dealkylation sites (tertiary alicyclic amines) is 1. The van der Waals surface area contributed by atoms with E-state index in [1.165, 1.54) is 19.3 Å². The molecule has 2 unspecified atom stereocenters. The summed E-state index contributed by atoms with van der Waals surface area (Å²) in [4.78, 5) is 1.11. The van der Waals surface area contributed by atoms with E-state index in [2.05, 4.69) is 0 Å². The topological polar surface area (TPSA) is 41.9 Å². The van der Waals surface area contributed by atoms with Crippen LogP contribution in [0.2, 0.25) is 0 Å². The zero-order valence-electron chi connectivity index (χ0n) is 19.2. The minimum absolute atomic E-state index is 0.0239. The Hall–Kier alpha value is -1.52. The van der Waals surface area contributed by atoms with Crippen LogP contribution in [0.3, 0.4) is 0 Å². The number of hydrogen-bond donors (Lipinski definition) is 1. The molecule has 1 aromatic carbocycles. The van der Waals surface area contributed by atoms with Gasteiger partial charge < -0.3 is 19.5 Å². The third-order valence-corrected chi connectivity index (χ3v) is 5.43. The molecule has 4 nitrogen and oxygen atoms in total. The van der Waals surface area contributed by atoms with E-state index < -0.39 is 36.5 Å². The average molecular weight is 306 g/mol. The first-order chi connectivity index (χ1) is 13.5. The largest absolute Gasteiger partial charge is 0.493 e. The Morgan fingerprint density at radius 3 is 3.32 bits per heavy atom. The van der Waals surface area contributed by atoms with Crippen molar-refractivity contribution in [2.75, 3.05) is 20.6 Å². The van der Waals surface area contributed by atoms with Gasteiger partial charge in [0.15, 0.2) is 11.5 Å². The molecule has 4 heteroatoms.